The SMILES string of the molecule is Cc1ccc2sc(N(Cc3ccco3)C(=O)C3CCCN(S(=O)(=O)c4ccc(Cl)cc4)C3)nc2c1C. The van der Waals surface area contributed by atoms with Gasteiger partial charge in [-0.3, -0.25) is 9.69 Å². The van der Waals surface area contributed by atoms with Gasteiger partial charge in [0.25, 0.3) is 0 Å². The maximum atomic E-state index is 13.9. The number of aryl methyl sites for hydroxylation is 2. The lowest BCUT2D eigenvalue weighted by Crippen LogP contribution is -2.46. The van der Waals surface area contributed by atoms with Crippen molar-refractivity contribution in [3.63, 3.8) is 0 Å². The van der Waals surface area contributed by atoms with Crippen molar-refractivity contribution < 1.29 is 17.6 Å². The summed E-state index contributed by atoms with van der Waals surface area (Å²) in [6.45, 7) is 4.77. The van der Waals surface area contributed by atoms with Crippen LogP contribution in [0.5, 0.6) is 0 Å². The van der Waals surface area contributed by atoms with Crippen LogP contribution in [0.1, 0.15) is 29.7 Å². The Morgan fingerprint density at radius 3 is 2.69 bits per heavy atom. The zero-order valence-electron chi connectivity index (χ0n) is 20.0. The van der Waals surface area contributed by atoms with Crippen LogP contribution in [0.3, 0.4) is 0 Å². The second-order valence-corrected chi connectivity index (χ2v) is 12.4. The predicted molar refractivity (Wildman–Crippen MR) is 142 cm³/mol. The molecule has 0 bridgehead atoms. The van der Waals surface area contributed by atoms with Crippen LogP contribution < -0.4 is 4.90 Å². The van der Waals surface area contributed by atoms with Crippen molar-refractivity contribution in [1.82, 2.24) is 9.29 Å². The van der Waals surface area contributed by atoms with Crippen LogP contribution in [0.25, 0.3) is 10.2 Å². The molecule has 4 aromatic rings. The summed E-state index contributed by atoms with van der Waals surface area (Å²) in [5.74, 6) is -0.0153. The minimum atomic E-state index is -3.74. The van der Waals surface area contributed by atoms with Crippen LogP contribution in [0, 0.1) is 19.8 Å². The highest BCUT2D eigenvalue weighted by atomic mass is 35.5. The summed E-state index contributed by atoms with van der Waals surface area (Å²) in [7, 11) is -3.74. The number of thiazole rings is 1. The maximum Gasteiger partial charge on any atom is 0.243 e. The Kier molecular flexibility index (Phi) is 6.91. The van der Waals surface area contributed by atoms with E-state index in [0.717, 1.165) is 21.3 Å². The first-order valence-electron chi connectivity index (χ1n) is 11.7. The van der Waals surface area contributed by atoms with Crippen molar-refractivity contribution in [2.75, 3.05) is 18.0 Å². The van der Waals surface area contributed by atoms with E-state index in [4.69, 9.17) is 21.0 Å². The van der Waals surface area contributed by atoms with Gasteiger partial charge in [0.05, 0.1) is 33.8 Å². The molecule has 1 fully saturated rings. The van der Waals surface area contributed by atoms with E-state index in [9.17, 15) is 13.2 Å². The van der Waals surface area contributed by atoms with Crippen molar-refractivity contribution >= 4 is 54.2 Å². The molecule has 188 valence electrons. The molecule has 3 heterocycles. The van der Waals surface area contributed by atoms with Crippen LogP contribution in [-0.2, 0) is 21.4 Å². The highest BCUT2D eigenvalue weighted by Gasteiger charge is 2.36. The quantitative estimate of drug-likeness (QED) is 0.307. The molecule has 0 radical (unpaired) electrons. The van der Waals surface area contributed by atoms with Crippen molar-refractivity contribution in [2.24, 2.45) is 5.92 Å². The van der Waals surface area contributed by atoms with E-state index < -0.39 is 15.9 Å². The predicted octanol–water partition coefficient (Wildman–Crippen LogP) is 5.79. The molecule has 10 heteroatoms. The minimum Gasteiger partial charge on any atom is -0.467 e. The first-order chi connectivity index (χ1) is 17.2. The number of carbonyl (C=O) groups excluding carboxylic acids is 1. The molecule has 36 heavy (non-hydrogen) atoms. The molecule has 7 nitrogen and oxygen atoms in total. The number of halogens is 1. The van der Waals surface area contributed by atoms with Gasteiger partial charge in [-0.1, -0.05) is 29.0 Å². The lowest BCUT2D eigenvalue weighted by Gasteiger charge is -2.33. The van der Waals surface area contributed by atoms with E-state index in [-0.39, 0.29) is 23.9 Å². The van der Waals surface area contributed by atoms with Crippen LogP contribution >= 0.6 is 22.9 Å². The molecule has 1 unspecified atom stereocenters. The standard InChI is InChI=1S/C26H26ClN3O4S2/c1-17-7-12-23-24(18(17)2)28-26(35-23)30(16-21-6-4-14-34-21)25(31)19-5-3-13-29(15-19)36(32,33)22-10-8-20(27)9-11-22/h4,6-12,14,19H,3,5,13,15-16H2,1-2H3. The number of carbonyl (C=O) groups is 1. The molecule has 0 aliphatic carbocycles. The topological polar surface area (TPSA) is 83.7 Å². The summed E-state index contributed by atoms with van der Waals surface area (Å²) in [4.78, 5) is 20.6. The summed E-state index contributed by atoms with van der Waals surface area (Å²) in [6, 6.07) is 13.8. The number of furan rings is 1. The number of amides is 1. The highest BCUT2D eigenvalue weighted by molar-refractivity contribution is 7.89. The van der Waals surface area contributed by atoms with Crippen molar-refractivity contribution in [1.29, 1.82) is 0 Å². The van der Waals surface area contributed by atoms with Gasteiger partial charge < -0.3 is 4.42 Å². The molecule has 1 atom stereocenters. The Hall–Kier alpha value is -2.72. The summed E-state index contributed by atoms with van der Waals surface area (Å²) >= 11 is 7.39. The lowest BCUT2D eigenvalue weighted by molar-refractivity contribution is -0.123. The summed E-state index contributed by atoms with van der Waals surface area (Å²) in [5, 5.41) is 1.05. The van der Waals surface area contributed by atoms with Crippen LogP contribution in [0.4, 0.5) is 5.13 Å². The van der Waals surface area contributed by atoms with E-state index in [1.807, 2.05) is 26.0 Å². The number of sulfonamides is 1. The minimum absolute atomic E-state index is 0.113. The fraction of sp³-hybridized carbons (Fsp3) is 0.308. The number of nitrogens with zero attached hydrogens (tertiary/aromatic N) is 3. The molecular weight excluding hydrogens is 518 g/mol. The average molecular weight is 544 g/mol. The molecular formula is C26H26ClN3O4S2. The van der Waals surface area contributed by atoms with Crippen LogP contribution in [0.2, 0.25) is 5.02 Å². The zero-order valence-corrected chi connectivity index (χ0v) is 22.4. The number of fused-ring (bicyclic) bond motifs is 1. The van der Waals surface area contributed by atoms with Gasteiger partial charge in [0.2, 0.25) is 15.9 Å². The van der Waals surface area contributed by atoms with Gasteiger partial charge in [-0.05, 0) is 80.3 Å². The van der Waals surface area contributed by atoms with Gasteiger partial charge >= 0.3 is 0 Å². The normalized spacial score (nSPS) is 16.9. The van der Waals surface area contributed by atoms with Crippen molar-refractivity contribution in [2.45, 2.75) is 38.1 Å². The number of piperidine rings is 1. The third-order valence-corrected chi connectivity index (χ3v) is 9.82. The van der Waals surface area contributed by atoms with Gasteiger partial charge in [0, 0.05) is 18.1 Å². The van der Waals surface area contributed by atoms with Gasteiger partial charge in [-0.15, -0.1) is 0 Å². The molecule has 0 spiro atoms. The van der Waals surface area contributed by atoms with Gasteiger partial charge in [-0.25, -0.2) is 13.4 Å². The Bertz CT molecular complexity index is 1500. The van der Waals surface area contributed by atoms with Gasteiger partial charge in [-0.2, -0.15) is 4.31 Å². The molecule has 0 saturated carbocycles. The fourth-order valence-corrected chi connectivity index (χ4v) is 7.15. The Morgan fingerprint density at radius 1 is 1.19 bits per heavy atom. The maximum absolute atomic E-state index is 13.9. The lowest BCUT2D eigenvalue weighted by atomic mass is 9.98. The largest absolute Gasteiger partial charge is 0.467 e. The van der Waals surface area contributed by atoms with Crippen LogP contribution in [0.15, 0.2) is 64.1 Å². The zero-order chi connectivity index (χ0) is 25.4. The monoisotopic (exact) mass is 543 g/mol. The molecule has 1 amide bonds. The van der Waals surface area contributed by atoms with Crippen molar-refractivity contribution in [3.8, 4) is 0 Å². The first-order valence-corrected chi connectivity index (χ1v) is 14.3. The number of hydrogen-bond donors (Lipinski definition) is 0. The molecule has 1 aliphatic rings. The highest BCUT2D eigenvalue weighted by Crippen LogP contribution is 2.35. The van der Waals surface area contributed by atoms with Crippen LogP contribution in [-0.4, -0.2) is 36.7 Å². The van der Waals surface area contributed by atoms with E-state index in [1.165, 1.54) is 27.8 Å². The second kappa shape index (κ2) is 9.97. The smallest absolute Gasteiger partial charge is 0.243 e. The third kappa shape index (κ3) is 4.80. The number of benzene rings is 2. The second-order valence-electron chi connectivity index (χ2n) is 9.01. The first kappa shape index (κ1) is 25.0. The molecule has 0 N–H and O–H groups in total. The molecule has 2 aromatic heterocycles. The Morgan fingerprint density at radius 2 is 1.97 bits per heavy atom. The number of hydrogen-bond acceptors (Lipinski definition) is 6. The summed E-state index contributed by atoms with van der Waals surface area (Å²) in [5.41, 5.74) is 3.10. The average Bonchev–Trinajstić information content (AvgIpc) is 3.55. The van der Waals surface area contributed by atoms with E-state index in [1.54, 1.807) is 29.4 Å². The van der Waals surface area contributed by atoms with Gasteiger partial charge in [0.1, 0.15) is 5.76 Å². The van der Waals surface area contributed by atoms with E-state index in [2.05, 4.69) is 6.07 Å². The summed E-state index contributed by atoms with van der Waals surface area (Å²) in [6.07, 6.45) is 2.77. The van der Waals surface area contributed by atoms with Crippen molar-refractivity contribution in [3.05, 3.63) is 76.7 Å². The van der Waals surface area contributed by atoms with E-state index >= 15 is 0 Å². The Balaban J connectivity index is 1.45. The molecule has 1 aliphatic heterocycles. The molecule has 1 saturated heterocycles. The van der Waals surface area contributed by atoms with E-state index in [0.29, 0.717) is 35.3 Å². The number of rotatable bonds is 6. The van der Waals surface area contributed by atoms with Gasteiger partial charge in [0.15, 0.2) is 5.13 Å². The third-order valence-electron chi connectivity index (χ3n) is 6.65. The Labute approximate surface area is 219 Å². The molecule has 5 rings (SSSR count). The molecule has 2 aromatic carbocycles. The number of aromatic nitrogens is 1. The fourth-order valence-electron chi connectivity index (χ4n) is 4.47. The number of anilines is 1. The summed E-state index contributed by atoms with van der Waals surface area (Å²) < 4.78 is 34.5.